The summed E-state index contributed by atoms with van der Waals surface area (Å²) in [5, 5.41) is 9.98. The van der Waals surface area contributed by atoms with Crippen LogP contribution in [0.15, 0.2) is 42.9 Å². The molecule has 8 heteroatoms. The minimum atomic E-state index is -0.542. The van der Waals surface area contributed by atoms with Crippen molar-refractivity contribution in [3.63, 3.8) is 0 Å². The Hall–Kier alpha value is -3.42. The highest BCUT2D eigenvalue weighted by Gasteiger charge is 2.16. The zero-order valence-electron chi connectivity index (χ0n) is 16.6. The van der Waals surface area contributed by atoms with Gasteiger partial charge >= 0.3 is 6.09 Å². The van der Waals surface area contributed by atoms with Crippen molar-refractivity contribution in [3.05, 3.63) is 48.4 Å². The summed E-state index contributed by atoms with van der Waals surface area (Å²) in [6, 6.07) is 7.43. The molecule has 146 valence electrons. The van der Waals surface area contributed by atoms with Gasteiger partial charge in [-0.05, 0) is 45.4 Å². The minimum Gasteiger partial charge on any atom is -0.444 e. The highest BCUT2D eigenvalue weighted by atomic mass is 16.6. The number of hydrogen-bond acceptors (Lipinski definition) is 6. The number of carbonyl (C=O) groups is 1. The number of ether oxygens (including phenoxy) is 1. The Morgan fingerprint density at radius 3 is 2.43 bits per heavy atom. The first-order valence-electron chi connectivity index (χ1n) is 8.89. The molecule has 1 aromatic carbocycles. The molecule has 0 spiro atoms. The van der Waals surface area contributed by atoms with Crippen LogP contribution in [-0.2, 0) is 11.8 Å². The zero-order valence-corrected chi connectivity index (χ0v) is 16.6. The van der Waals surface area contributed by atoms with Crippen molar-refractivity contribution in [2.24, 2.45) is 7.05 Å². The first-order valence-corrected chi connectivity index (χ1v) is 8.89. The average molecular weight is 380 g/mol. The first kappa shape index (κ1) is 19.3. The molecule has 2 N–H and O–H groups in total. The summed E-state index contributed by atoms with van der Waals surface area (Å²) >= 11 is 0. The molecule has 2 aromatic heterocycles. The molecule has 0 unspecified atom stereocenters. The molecule has 0 aliphatic heterocycles. The third-order valence-corrected chi connectivity index (χ3v) is 3.74. The largest absolute Gasteiger partial charge is 0.444 e. The molecule has 0 aliphatic carbocycles. The van der Waals surface area contributed by atoms with E-state index in [2.05, 4.69) is 25.7 Å². The van der Waals surface area contributed by atoms with E-state index in [0.29, 0.717) is 11.6 Å². The number of rotatable bonds is 4. The predicted octanol–water partition coefficient (Wildman–Crippen LogP) is 4.28. The van der Waals surface area contributed by atoms with E-state index in [1.54, 1.807) is 17.1 Å². The first-order chi connectivity index (χ1) is 13.2. The molecule has 2 heterocycles. The number of aromatic nitrogens is 4. The van der Waals surface area contributed by atoms with Crippen molar-refractivity contribution in [2.75, 3.05) is 10.6 Å². The second-order valence-electron chi connectivity index (χ2n) is 7.46. The zero-order chi connectivity index (χ0) is 20.3. The molecular weight excluding hydrogens is 356 g/mol. The van der Waals surface area contributed by atoms with E-state index in [1.807, 2.05) is 65.2 Å². The predicted molar refractivity (Wildman–Crippen MR) is 109 cm³/mol. The van der Waals surface area contributed by atoms with Crippen LogP contribution in [0.25, 0.3) is 11.3 Å². The summed E-state index contributed by atoms with van der Waals surface area (Å²) in [7, 11) is 1.85. The van der Waals surface area contributed by atoms with Gasteiger partial charge in [-0.2, -0.15) is 5.10 Å². The second kappa shape index (κ2) is 7.67. The Balaban J connectivity index is 1.75. The molecule has 3 rings (SSSR count). The third kappa shape index (κ3) is 5.06. The normalized spacial score (nSPS) is 11.2. The number of nitrogens with one attached hydrogen (secondary N) is 2. The van der Waals surface area contributed by atoms with Gasteiger partial charge in [-0.25, -0.2) is 14.8 Å². The molecule has 8 nitrogen and oxygen atoms in total. The lowest BCUT2D eigenvalue weighted by molar-refractivity contribution is 0.0636. The van der Waals surface area contributed by atoms with Gasteiger partial charge in [0.05, 0.1) is 17.6 Å². The Morgan fingerprint density at radius 2 is 1.82 bits per heavy atom. The lowest BCUT2D eigenvalue weighted by Gasteiger charge is -2.19. The Bertz CT molecular complexity index is 973. The van der Waals surface area contributed by atoms with E-state index in [1.165, 1.54) is 0 Å². The molecule has 0 radical (unpaired) electrons. The van der Waals surface area contributed by atoms with E-state index in [-0.39, 0.29) is 0 Å². The monoisotopic (exact) mass is 380 g/mol. The molecule has 0 saturated carbocycles. The SMILES string of the molecule is Cc1cnc(Nc2cnn(C)c2)nc1-c1ccc(NC(=O)OC(C)(C)C)cc1. The standard InChI is InChI=1S/C20H24N6O2/c1-13-10-21-18(23-16-11-22-26(5)12-16)25-17(13)14-6-8-15(9-7-14)24-19(27)28-20(2,3)4/h6-12H,1-5H3,(H,24,27)(H,21,23,25). The summed E-state index contributed by atoms with van der Waals surface area (Å²) < 4.78 is 6.97. The number of aryl methyl sites for hydroxylation is 2. The topological polar surface area (TPSA) is 94.0 Å². The molecule has 1 amide bonds. The van der Waals surface area contributed by atoms with E-state index < -0.39 is 11.7 Å². The van der Waals surface area contributed by atoms with Gasteiger partial charge in [-0.15, -0.1) is 0 Å². The van der Waals surface area contributed by atoms with E-state index >= 15 is 0 Å². The molecule has 0 bridgehead atoms. The molecule has 3 aromatic rings. The van der Waals surface area contributed by atoms with Crippen LogP contribution < -0.4 is 10.6 Å². The summed E-state index contributed by atoms with van der Waals surface area (Å²) in [5.74, 6) is 0.490. The maximum atomic E-state index is 11.9. The smallest absolute Gasteiger partial charge is 0.412 e. The van der Waals surface area contributed by atoms with Crippen molar-refractivity contribution in [1.29, 1.82) is 0 Å². The number of hydrogen-bond donors (Lipinski definition) is 2. The van der Waals surface area contributed by atoms with Crippen molar-refractivity contribution in [1.82, 2.24) is 19.7 Å². The molecule has 28 heavy (non-hydrogen) atoms. The van der Waals surface area contributed by atoms with E-state index in [9.17, 15) is 4.79 Å². The van der Waals surface area contributed by atoms with Gasteiger partial charge in [-0.3, -0.25) is 10.00 Å². The second-order valence-corrected chi connectivity index (χ2v) is 7.46. The quantitative estimate of drug-likeness (QED) is 0.702. The fourth-order valence-corrected chi connectivity index (χ4v) is 2.54. The van der Waals surface area contributed by atoms with Gasteiger partial charge in [-0.1, -0.05) is 12.1 Å². The summed E-state index contributed by atoms with van der Waals surface area (Å²) in [5.41, 5.74) is 3.60. The van der Waals surface area contributed by atoms with Crippen LogP contribution in [-0.4, -0.2) is 31.4 Å². The number of anilines is 3. The summed E-state index contributed by atoms with van der Waals surface area (Å²) in [6.45, 7) is 7.43. The van der Waals surface area contributed by atoms with Crippen LogP contribution in [0.4, 0.5) is 22.1 Å². The average Bonchev–Trinajstić information content (AvgIpc) is 3.00. The van der Waals surface area contributed by atoms with Crippen LogP contribution in [0, 0.1) is 6.92 Å². The van der Waals surface area contributed by atoms with Crippen LogP contribution in [0.1, 0.15) is 26.3 Å². The van der Waals surface area contributed by atoms with Gasteiger partial charge in [0.15, 0.2) is 0 Å². The maximum absolute atomic E-state index is 11.9. The minimum absolute atomic E-state index is 0.485. The highest BCUT2D eigenvalue weighted by Crippen LogP contribution is 2.24. The van der Waals surface area contributed by atoms with E-state index in [0.717, 1.165) is 22.5 Å². The van der Waals surface area contributed by atoms with Crippen molar-refractivity contribution in [2.45, 2.75) is 33.3 Å². The van der Waals surface area contributed by atoms with E-state index in [4.69, 9.17) is 4.74 Å². The number of benzene rings is 1. The fourth-order valence-electron chi connectivity index (χ4n) is 2.54. The fraction of sp³-hybridized carbons (Fsp3) is 0.300. The summed E-state index contributed by atoms with van der Waals surface area (Å²) in [4.78, 5) is 20.8. The lowest BCUT2D eigenvalue weighted by Crippen LogP contribution is -2.27. The van der Waals surface area contributed by atoms with Gasteiger partial charge in [0.1, 0.15) is 5.60 Å². The number of amides is 1. The van der Waals surface area contributed by atoms with Crippen LogP contribution in [0.3, 0.4) is 0 Å². The Morgan fingerprint density at radius 1 is 1.11 bits per heavy atom. The van der Waals surface area contributed by atoms with Gasteiger partial charge in [0.2, 0.25) is 5.95 Å². The maximum Gasteiger partial charge on any atom is 0.412 e. The Kier molecular flexibility index (Phi) is 5.30. The van der Waals surface area contributed by atoms with Gasteiger partial charge in [0, 0.05) is 30.7 Å². The molecular formula is C20H24N6O2. The number of carbonyl (C=O) groups excluding carboxylic acids is 1. The van der Waals surface area contributed by atoms with Crippen molar-refractivity contribution >= 4 is 23.4 Å². The van der Waals surface area contributed by atoms with Crippen LogP contribution in [0.2, 0.25) is 0 Å². The third-order valence-electron chi connectivity index (χ3n) is 3.74. The molecule has 0 saturated heterocycles. The highest BCUT2D eigenvalue weighted by molar-refractivity contribution is 5.85. The lowest BCUT2D eigenvalue weighted by atomic mass is 10.1. The van der Waals surface area contributed by atoms with Crippen LogP contribution >= 0.6 is 0 Å². The number of nitrogens with zero attached hydrogens (tertiary/aromatic N) is 4. The van der Waals surface area contributed by atoms with Crippen molar-refractivity contribution in [3.8, 4) is 11.3 Å². The summed E-state index contributed by atoms with van der Waals surface area (Å²) in [6.07, 6.45) is 4.84. The Labute approximate surface area is 164 Å². The van der Waals surface area contributed by atoms with Crippen LogP contribution in [0.5, 0.6) is 0 Å². The molecule has 0 aliphatic rings. The molecule has 0 fully saturated rings. The van der Waals surface area contributed by atoms with Gasteiger partial charge < -0.3 is 10.1 Å². The molecule has 0 atom stereocenters. The van der Waals surface area contributed by atoms with Gasteiger partial charge in [0.25, 0.3) is 0 Å². The van der Waals surface area contributed by atoms with Crippen molar-refractivity contribution < 1.29 is 9.53 Å².